The van der Waals surface area contributed by atoms with Crippen LogP contribution < -0.4 is 5.09 Å². The number of nitrogens with one attached hydrogen (secondary N) is 1. The maximum atomic E-state index is 11.1. The van der Waals surface area contributed by atoms with Gasteiger partial charge in [0.05, 0.1) is 12.6 Å². The molecule has 0 rings (SSSR count). The summed E-state index contributed by atoms with van der Waals surface area (Å²) in [4.78, 5) is 10.9. The van der Waals surface area contributed by atoms with Crippen molar-refractivity contribution in [1.82, 2.24) is 5.09 Å². The van der Waals surface area contributed by atoms with Crippen molar-refractivity contribution in [2.75, 3.05) is 19.9 Å². The Kier molecular flexibility index (Phi) is 4.50. The predicted octanol–water partition coefficient (Wildman–Crippen LogP) is 1.07. The van der Waals surface area contributed by atoms with Gasteiger partial charge in [-0.05, 0) is 13.8 Å². The Labute approximate surface area is 73.1 Å². The summed E-state index contributed by atoms with van der Waals surface area (Å²) < 4.78 is 15.9. The first-order chi connectivity index (χ1) is 5.31. The fourth-order valence-corrected chi connectivity index (χ4v) is 1.07. The summed E-state index contributed by atoms with van der Waals surface area (Å²) in [6, 6.07) is 0. The summed E-state index contributed by atoms with van der Waals surface area (Å²) in [5.41, 5.74) is 0. The molecule has 4 nitrogen and oxygen atoms in total. The van der Waals surface area contributed by atoms with Crippen molar-refractivity contribution in [3.8, 4) is 0 Å². The van der Waals surface area contributed by atoms with E-state index in [4.69, 9.17) is 4.74 Å². The molecule has 0 bridgehead atoms. The number of ether oxygens (including phenoxy) is 1. The van der Waals surface area contributed by atoms with Gasteiger partial charge in [0, 0.05) is 13.3 Å². The van der Waals surface area contributed by atoms with Crippen molar-refractivity contribution >= 4 is 13.3 Å². The summed E-state index contributed by atoms with van der Waals surface area (Å²) in [5, 5.41) is 2.61. The number of carbonyl (C=O) groups excluding carboxylic acids is 1. The van der Waals surface area contributed by atoms with Gasteiger partial charge in [0.15, 0.2) is 0 Å². The highest BCUT2D eigenvalue weighted by atomic mass is 31.2. The first-order valence-corrected chi connectivity index (χ1v) is 6.41. The highest BCUT2D eigenvalue weighted by molar-refractivity contribution is 7.60. The van der Waals surface area contributed by atoms with Gasteiger partial charge in [-0.25, -0.2) is 0 Å². The van der Waals surface area contributed by atoms with Crippen molar-refractivity contribution in [2.24, 2.45) is 0 Å². The minimum atomic E-state index is -2.31. The third-order valence-corrected chi connectivity index (χ3v) is 1.89. The van der Waals surface area contributed by atoms with Crippen molar-refractivity contribution in [1.29, 1.82) is 0 Å². The van der Waals surface area contributed by atoms with Gasteiger partial charge < -0.3 is 9.30 Å². The van der Waals surface area contributed by atoms with Gasteiger partial charge in [-0.15, -0.1) is 0 Å². The number of rotatable bonds is 4. The van der Waals surface area contributed by atoms with E-state index in [9.17, 15) is 9.36 Å². The quantitative estimate of drug-likeness (QED) is 0.536. The van der Waals surface area contributed by atoms with Crippen LogP contribution in [-0.4, -0.2) is 31.9 Å². The molecule has 0 saturated carbocycles. The highest BCUT2D eigenvalue weighted by Crippen LogP contribution is 2.28. The van der Waals surface area contributed by atoms with E-state index < -0.39 is 7.29 Å². The Hall–Kier alpha value is -0.340. The minimum absolute atomic E-state index is 0.0163. The average Bonchev–Trinajstić information content (AvgIpc) is 1.80. The smallest absolute Gasteiger partial charge is 0.320 e. The Morgan fingerprint density at radius 2 is 2.00 bits per heavy atom. The van der Waals surface area contributed by atoms with Gasteiger partial charge in [0.25, 0.3) is 0 Å². The lowest BCUT2D eigenvalue weighted by molar-refractivity contribution is -0.145. The van der Waals surface area contributed by atoms with Crippen molar-refractivity contribution < 1.29 is 14.1 Å². The standard InChI is InChI=1S/C7H16NO3P/c1-6(2)11-7(9)5-8-12(3,4)10/h6H,5H2,1-4H3,(H,8,10). The van der Waals surface area contributed by atoms with Crippen LogP contribution in [0.25, 0.3) is 0 Å². The molecule has 0 atom stereocenters. The zero-order valence-corrected chi connectivity index (χ0v) is 8.85. The zero-order valence-electron chi connectivity index (χ0n) is 7.96. The van der Waals surface area contributed by atoms with Gasteiger partial charge in [0.1, 0.15) is 7.29 Å². The first-order valence-electron chi connectivity index (χ1n) is 3.81. The van der Waals surface area contributed by atoms with Crippen LogP contribution in [0.5, 0.6) is 0 Å². The Balaban J connectivity index is 3.66. The van der Waals surface area contributed by atoms with E-state index in [-0.39, 0.29) is 18.6 Å². The predicted molar refractivity (Wildman–Crippen MR) is 48.7 cm³/mol. The summed E-state index contributed by atoms with van der Waals surface area (Å²) in [6.45, 7) is 6.69. The molecule has 0 fully saturated rings. The van der Waals surface area contributed by atoms with Crippen molar-refractivity contribution in [2.45, 2.75) is 20.0 Å². The molecule has 12 heavy (non-hydrogen) atoms. The first kappa shape index (κ1) is 11.7. The van der Waals surface area contributed by atoms with Crippen molar-refractivity contribution in [3.05, 3.63) is 0 Å². The molecule has 0 aromatic carbocycles. The van der Waals surface area contributed by atoms with Gasteiger partial charge in [-0.1, -0.05) is 0 Å². The third kappa shape index (κ3) is 7.76. The number of hydrogen-bond donors (Lipinski definition) is 1. The molecule has 0 aliphatic rings. The van der Waals surface area contributed by atoms with Crippen LogP contribution in [0, 0.1) is 0 Å². The molecule has 0 aliphatic heterocycles. The van der Waals surface area contributed by atoms with Crippen LogP contribution in [-0.2, 0) is 14.1 Å². The van der Waals surface area contributed by atoms with Crippen LogP contribution >= 0.6 is 7.29 Å². The van der Waals surface area contributed by atoms with Crippen LogP contribution in [0.2, 0.25) is 0 Å². The van der Waals surface area contributed by atoms with Gasteiger partial charge in [0.2, 0.25) is 0 Å². The van der Waals surface area contributed by atoms with E-state index in [2.05, 4.69) is 5.09 Å². The molecule has 0 saturated heterocycles. The molecule has 0 aliphatic carbocycles. The molecule has 0 radical (unpaired) electrons. The normalized spacial score (nSPS) is 11.8. The Bertz CT molecular complexity index is 197. The van der Waals surface area contributed by atoms with Crippen molar-refractivity contribution in [3.63, 3.8) is 0 Å². The second kappa shape index (κ2) is 4.63. The van der Waals surface area contributed by atoms with E-state index in [0.717, 1.165) is 0 Å². The maximum Gasteiger partial charge on any atom is 0.320 e. The van der Waals surface area contributed by atoms with Gasteiger partial charge in [-0.2, -0.15) is 0 Å². The second-order valence-corrected chi connectivity index (χ2v) is 6.24. The second-order valence-electron chi connectivity index (χ2n) is 3.22. The van der Waals surface area contributed by atoms with Crippen LogP contribution in [0.1, 0.15) is 13.8 Å². The molecular weight excluding hydrogens is 177 g/mol. The lowest BCUT2D eigenvalue weighted by Crippen LogP contribution is -2.24. The molecular formula is C7H16NO3P. The zero-order chi connectivity index (χ0) is 9.78. The minimum Gasteiger partial charge on any atom is -0.462 e. The molecule has 72 valence electrons. The van der Waals surface area contributed by atoms with Crippen LogP contribution in [0.15, 0.2) is 0 Å². The Morgan fingerprint density at radius 1 is 1.50 bits per heavy atom. The van der Waals surface area contributed by atoms with E-state index in [1.165, 1.54) is 0 Å². The molecule has 0 amide bonds. The number of carbonyl (C=O) groups is 1. The van der Waals surface area contributed by atoms with Gasteiger partial charge >= 0.3 is 5.97 Å². The number of hydrogen-bond acceptors (Lipinski definition) is 3. The molecule has 5 heteroatoms. The van der Waals surface area contributed by atoms with Crippen LogP contribution in [0.4, 0.5) is 0 Å². The molecule has 0 aromatic rings. The summed E-state index contributed by atoms with van der Waals surface area (Å²) in [7, 11) is -2.31. The van der Waals surface area contributed by atoms with E-state index in [1.807, 2.05) is 0 Å². The molecule has 0 aromatic heterocycles. The number of esters is 1. The molecule has 1 N–H and O–H groups in total. The van der Waals surface area contributed by atoms with E-state index in [1.54, 1.807) is 27.2 Å². The summed E-state index contributed by atoms with van der Waals surface area (Å²) >= 11 is 0. The highest BCUT2D eigenvalue weighted by Gasteiger charge is 2.10. The lowest BCUT2D eigenvalue weighted by Gasteiger charge is -2.10. The SMILES string of the molecule is CC(C)OC(=O)CNP(C)(C)=O. The fourth-order valence-electron chi connectivity index (χ4n) is 0.559. The molecule has 0 unspecified atom stereocenters. The summed E-state index contributed by atoms with van der Waals surface area (Å²) in [6.07, 6.45) is -0.118. The Morgan fingerprint density at radius 3 is 2.33 bits per heavy atom. The fraction of sp³-hybridized carbons (Fsp3) is 0.857. The third-order valence-electron chi connectivity index (χ3n) is 0.971. The van der Waals surface area contributed by atoms with E-state index >= 15 is 0 Å². The topological polar surface area (TPSA) is 55.4 Å². The average molecular weight is 193 g/mol. The van der Waals surface area contributed by atoms with Crippen LogP contribution in [0.3, 0.4) is 0 Å². The van der Waals surface area contributed by atoms with Gasteiger partial charge in [-0.3, -0.25) is 9.88 Å². The monoisotopic (exact) mass is 193 g/mol. The lowest BCUT2D eigenvalue weighted by atomic mass is 10.5. The van der Waals surface area contributed by atoms with E-state index in [0.29, 0.717) is 0 Å². The maximum absolute atomic E-state index is 11.1. The largest absolute Gasteiger partial charge is 0.462 e. The summed E-state index contributed by atoms with van der Waals surface area (Å²) in [5.74, 6) is -0.367. The molecule has 0 spiro atoms. The molecule has 0 heterocycles.